The summed E-state index contributed by atoms with van der Waals surface area (Å²) < 4.78 is 32.7. The van der Waals surface area contributed by atoms with Crippen molar-refractivity contribution >= 4 is 0 Å². The maximum Gasteiger partial charge on any atom is 0.257 e. The molecular weight excluding hydrogens is 324 g/mol. The van der Waals surface area contributed by atoms with Crippen molar-refractivity contribution in [2.24, 2.45) is 11.3 Å². The first-order chi connectivity index (χ1) is 11.7. The minimum atomic E-state index is -2.37. The second-order valence-electron chi connectivity index (χ2n) is 8.70. The molecule has 6 heteroatoms. The van der Waals surface area contributed by atoms with Crippen molar-refractivity contribution in [3.05, 3.63) is 17.5 Å². The molecule has 0 unspecified atom stereocenters. The fourth-order valence-corrected chi connectivity index (χ4v) is 4.38. The number of ether oxygens (including phenoxy) is 1. The molecule has 0 amide bonds. The van der Waals surface area contributed by atoms with Gasteiger partial charge in [0, 0.05) is 23.2 Å². The van der Waals surface area contributed by atoms with Gasteiger partial charge in [0.15, 0.2) is 0 Å². The summed E-state index contributed by atoms with van der Waals surface area (Å²) >= 11 is 0. The van der Waals surface area contributed by atoms with E-state index < -0.39 is 6.43 Å². The number of hydrogen-bond donors (Lipinski definition) is 1. The average molecular weight is 355 g/mol. The van der Waals surface area contributed by atoms with Gasteiger partial charge in [-0.3, -0.25) is 4.68 Å². The van der Waals surface area contributed by atoms with E-state index in [1.165, 1.54) is 23.9 Å². The van der Waals surface area contributed by atoms with E-state index in [0.717, 1.165) is 24.2 Å². The first kappa shape index (κ1) is 18.8. The smallest absolute Gasteiger partial charge is 0.257 e. The van der Waals surface area contributed by atoms with Gasteiger partial charge in [0.2, 0.25) is 0 Å². The Kier molecular flexibility index (Phi) is 5.22. The summed E-state index contributed by atoms with van der Waals surface area (Å²) in [5.41, 5.74) is 2.12. The molecule has 0 bridgehead atoms. The van der Waals surface area contributed by atoms with E-state index >= 15 is 0 Å². The third kappa shape index (κ3) is 3.90. The zero-order chi connectivity index (χ0) is 18.2. The topological polar surface area (TPSA) is 39.1 Å². The molecule has 2 fully saturated rings. The van der Waals surface area contributed by atoms with E-state index in [9.17, 15) is 8.78 Å². The summed E-state index contributed by atoms with van der Waals surface area (Å²) in [5, 5.41) is 7.59. The Labute approximate surface area is 149 Å². The molecule has 1 spiro atoms. The zero-order valence-corrected chi connectivity index (χ0v) is 15.8. The second-order valence-corrected chi connectivity index (χ2v) is 8.70. The standard InChI is InChI=1S/C19H31F2N3O/c1-13-14(10-23-24(13)12-17(20)21)9-22-11-15-8-16(25-18(2,3)4)19(15)6-5-7-19/h10,15-17,22H,5-9,11-12H2,1-4H3/t15-,16-/m0/s1. The Balaban J connectivity index is 1.49. The van der Waals surface area contributed by atoms with Crippen molar-refractivity contribution in [3.8, 4) is 0 Å². The van der Waals surface area contributed by atoms with Crippen molar-refractivity contribution in [2.45, 2.75) is 84.6 Å². The fraction of sp³-hybridized carbons (Fsp3) is 0.842. The summed E-state index contributed by atoms with van der Waals surface area (Å²) in [5.74, 6) is 0.657. The van der Waals surface area contributed by atoms with Gasteiger partial charge < -0.3 is 10.1 Å². The molecule has 25 heavy (non-hydrogen) atoms. The van der Waals surface area contributed by atoms with Crippen LogP contribution >= 0.6 is 0 Å². The van der Waals surface area contributed by atoms with Crippen LogP contribution in [0.5, 0.6) is 0 Å². The van der Waals surface area contributed by atoms with Crippen molar-refractivity contribution in [3.63, 3.8) is 0 Å². The third-order valence-corrected chi connectivity index (χ3v) is 5.96. The average Bonchev–Trinajstić information content (AvgIpc) is 2.74. The SMILES string of the molecule is Cc1c(CNC[C@@H]2C[C@H](OC(C)(C)C)C23CCC3)cnn1CC(F)F. The Hall–Kier alpha value is -1.01. The monoisotopic (exact) mass is 355 g/mol. The first-order valence-corrected chi connectivity index (χ1v) is 9.39. The van der Waals surface area contributed by atoms with Crippen LogP contribution in [0, 0.1) is 18.3 Å². The molecule has 1 aromatic rings. The van der Waals surface area contributed by atoms with E-state index in [1.807, 2.05) is 6.92 Å². The predicted octanol–water partition coefficient (Wildman–Crippen LogP) is 3.92. The highest BCUT2D eigenvalue weighted by atomic mass is 19.3. The van der Waals surface area contributed by atoms with Crippen LogP contribution in [0.3, 0.4) is 0 Å². The van der Waals surface area contributed by atoms with Crippen molar-refractivity contribution in [2.75, 3.05) is 6.54 Å². The Morgan fingerprint density at radius 2 is 2.12 bits per heavy atom. The Bertz CT molecular complexity index is 590. The maximum absolute atomic E-state index is 12.5. The number of aromatic nitrogens is 2. The van der Waals surface area contributed by atoms with Crippen LogP contribution in [0.25, 0.3) is 0 Å². The van der Waals surface area contributed by atoms with Crippen LogP contribution < -0.4 is 5.32 Å². The van der Waals surface area contributed by atoms with Gasteiger partial charge in [-0.25, -0.2) is 8.78 Å². The quantitative estimate of drug-likeness (QED) is 0.806. The lowest BCUT2D eigenvalue weighted by Crippen LogP contribution is -2.62. The van der Waals surface area contributed by atoms with Gasteiger partial charge in [-0.1, -0.05) is 6.42 Å². The van der Waals surface area contributed by atoms with E-state index in [1.54, 1.807) is 6.20 Å². The van der Waals surface area contributed by atoms with E-state index in [0.29, 0.717) is 24.0 Å². The van der Waals surface area contributed by atoms with Gasteiger partial charge in [-0.05, 0) is 59.4 Å². The maximum atomic E-state index is 12.5. The highest BCUT2D eigenvalue weighted by Gasteiger charge is 2.59. The van der Waals surface area contributed by atoms with Crippen LogP contribution in [-0.2, 0) is 17.8 Å². The van der Waals surface area contributed by atoms with Gasteiger partial charge in [0.05, 0.1) is 17.9 Å². The summed E-state index contributed by atoms with van der Waals surface area (Å²) in [4.78, 5) is 0. The molecule has 0 saturated heterocycles. The Morgan fingerprint density at radius 1 is 1.40 bits per heavy atom. The van der Waals surface area contributed by atoms with Crippen LogP contribution in [0.2, 0.25) is 0 Å². The molecule has 1 aromatic heterocycles. The molecule has 0 aromatic carbocycles. The molecule has 4 nitrogen and oxygen atoms in total. The van der Waals surface area contributed by atoms with Crippen molar-refractivity contribution < 1.29 is 13.5 Å². The lowest BCUT2D eigenvalue weighted by molar-refractivity contribution is -0.231. The van der Waals surface area contributed by atoms with Gasteiger partial charge in [-0.2, -0.15) is 5.10 Å². The normalized spacial score (nSPS) is 25.2. The number of nitrogens with zero attached hydrogens (tertiary/aromatic N) is 2. The third-order valence-electron chi connectivity index (χ3n) is 5.96. The highest BCUT2D eigenvalue weighted by molar-refractivity contribution is 5.16. The molecule has 0 aliphatic heterocycles. The molecule has 0 radical (unpaired) electrons. The van der Waals surface area contributed by atoms with E-state index in [4.69, 9.17) is 4.74 Å². The zero-order valence-electron chi connectivity index (χ0n) is 15.8. The number of rotatable bonds is 7. The summed E-state index contributed by atoms with van der Waals surface area (Å²) in [7, 11) is 0. The molecule has 2 atom stereocenters. The largest absolute Gasteiger partial charge is 0.372 e. The highest BCUT2D eigenvalue weighted by Crippen LogP contribution is 2.61. The summed E-state index contributed by atoms with van der Waals surface area (Å²) in [6, 6.07) is 0. The Morgan fingerprint density at radius 3 is 2.68 bits per heavy atom. The number of alkyl halides is 2. The molecule has 1 heterocycles. The fourth-order valence-electron chi connectivity index (χ4n) is 4.38. The van der Waals surface area contributed by atoms with Gasteiger partial charge in [0.1, 0.15) is 6.54 Å². The molecule has 142 valence electrons. The van der Waals surface area contributed by atoms with Gasteiger partial charge in [0.25, 0.3) is 6.43 Å². The predicted molar refractivity (Wildman–Crippen MR) is 93.7 cm³/mol. The molecule has 2 aliphatic carbocycles. The number of hydrogen-bond acceptors (Lipinski definition) is 3. The second kappa shape index (κ2) is 6.95. The van der Waals surface area contributed by atoms with Crippen LogP contribution in [0.15, 0.2) is 6.20 Å². The number of nitrogens with one attached hydrogen (secondary N) is 1. The molecule has 2 saturated carbocycles. The number of halogens is 2. The minimum Gasteiger partial charge on any atom is -0.372 e. The van der Waals surface area contributed by atoms with E-state index in [2.05, 4.69) is 31.2 Å². The minimum absolute atomic E-state index is 0.0813. The van der Waals surface area contributed by atoms with Gasteiger partial charge >= 0.3 is 0 Å². The molecule has 2 aliphatic rings. The van der Waals surface area contributed by atoms with Crippen LogP contribution in [-0.4, -0.2) is 34.5 Å². The van der Waals surface area contributed by atoms with Gasteiger partial charge in [-0.15, -0.1) is 0 Å². The molecular formula is C19H31F2N3O. The lowest BCUT2D eigenvalue weighted by atomic mass is 9.48. The lowest BCUT2D eigenvalue weighted by Gasteiger charge is -2.62. The van der Waals surface area contributed by atoms with Crippen LogP contribution in [0.4, 0.5) is 8.78 Å². The molecule has 1 N–H and O–H groups in total. The van der Waals surface area contributed by atoms with Crippen LogP contribution in [0.1, 0.15) is 57.7 Å². The molecule has 3 rings (SSSR count). The van der Waals surface area contributed by atoms with Crippen molar-refractivity contribution in [1.29, 1.82) is 0 Å². The van der Waals surface area contributed by atoms with E-state index in [-0.39, 0.29) is 12.1 Å². The van der Waals surface area contributed by atoms with Crippen molar-refractivity contribution in [1.82, 2.24) is 15.1 Å². The summed E-state index contributed by atoms with van der Waals surface area (Å²) in [6.07, 6.45) is 4.69. The first-order valence-electron chi connectivity index (χ1n) is 9.39. The summed E-state index contributed by atoms with van der Waals surface area (Å²) in [6.45, 7) is 9.57.